The molecule has 136 valence electrons. The van der Waals surface area contributed by atoms with Crippen molar-refractivity contribution in [2.24, 2.45) is 0 Å². The van der Waals surface area contributed by atoms with Gasteiger partial charge < -0.3 is 25.8 Å². The van der Waals surface area contributed by atoms with Gasteiger partial charge in [-0.05, 0) is 12.1 Å². The minimum Gasteiger partial charge on any atom is -0.394 e. The van der Waals surface area contributed by atoms with Crippen LogP contribution in [0.3, 0.4) is 0 Å². The van der Waals surface area contributed by atoms with Crippen LogP contribution in [0.15, 0.2) is 30.7 Å². The van der Waals surface area contributed by atoms with Gasteiger partial charge >= 0.3 is 0 Å². The molecule has 0 aliphatic carbocycles. The molecule has 4 heterocycles. The summed E-state index contributed by atoms with van der Waals surface area (Å²) in [4.78, 5) is 17.1. The highest BCUT2D eigenvalue weighted by molar-refractivity contribution is 5.75. The van der Waals surface area contributed by atoms with Crippen molar-refractivity contribution in [1.82, 2.24) is 24.5 Å². The summed E-state index contributed by atoms with van der Waals surface area (Å²) >= 11 is 0. The van der Waals surface area contributed by atoms with Gasteiger partial charge in [0.25, 0.3) is 0 Å². The van der Waals surface area contributed by atoms with Gasteiger partial charge in [0.1, 0.15) is 23.8 Å². The number of aliphatic hydroxyl groups excluding tert-OH is 3. The molecule has 1 aliphatic rings. The number of nitrogens with two attached hydrogens (primary N) is 1. The second-order valence-corrected chi connectivity index (χ2v) is 6.08. The first-order valence-electron chi connectivity index (χ1n) is 8.09. The molecule has 3 aromatic heterocycles. The quantitative estimate of drug-likeness (QED) is 0.460. The molecule has 0 bridgehead atoms. The molecule has 4 rings (SSSR count). The van der Waals surface area contributed by atoms with Crippen molar-refractivity contribution in [2.75, 3.05) is 12.3 Å². The molecule has 0 amide bonds. The molecule has 0 radical (unpaired) electrons. The van der Waals surface area contributed by atoms with E-state index >= 15 is 0 Å². The SMILES string of the molecule is Nc1nc(Cc2ccccn2)c2ncn([C@@H]3O[C@H](CO)[C@@H](O)[C@H]3O)c2n1. The van der Waals surface area contributed by atoms with Gasteiger partial charge in [0.15, 0.2) is 11.9 Å². The van der Waals surface area contributed by atoms with Crippen molar-refractivity contribution in [2.45, 2.75) is 31.0 Å². The number of pyridine rings is 1. The van der Waals surface area contributed by atoms with E-state index in [0.29, 0.717) is 23.3 Å². The fourth-order valence-electron chi connectivity index (χ4n) is 3.09. The van der Waals surface area contributed by atoms with Crippen molar-refractivity contribution < 1.29 is 20.1 Å². The van der Waals surface area contributed by atoms with E-state index in [1.807, 2.05) is 18.2 Å². The molecule has 0 aromatic carbocycles. The molecule has 5 N–H and O–H groups in total. The van der Waals surface area contributed by atoms with Crippen LogP contribution >= 0.6 is 0 Å². The van der Waals surface area contributed by atoms with E-state index in [1.54, 1.807) is 6.20 Å². The van der Waals surface area contributed by atoms with E-state index in [2.05, 4.69) is 19.9 Å². The number of anilines is 1. The first kappa shape index (κ1) is 16.8. The van der Waals surface area contributed by atoms with E-state index in [1.165, 1.54) is 10.9 Å². The maximum absolute atomic E-state index is 10.2. The Labute approximate surface area is 147 Å². The largest absolute Gasteiger partial charge is 0.394 e. The number of hydrogen-bond acceptors (Lipinski definition) is 9. The van der Waals surface area contributed by atoms with Crippen molar-refractivity contribution in [3.63, 3.8) is 0 Å². The molecular weight excluding hydrogens is 340 g/mol. The molecule has 1 fully saturated rings. The highest BCUT2D eigenvalue weighted by atomic mass is 16.6. The molecule has 0 saturated carbocycles. The number of fused-ring (bicyclic) bond motifs is 1. The van der Waals surface area contributed by atoms with Gasteiger partial charge in [-0.2, -0.15) is 4.98 Å². The summed E-state index contributed by atoms with van der Waals surface area (Å²) in [6, 6.07) is 5.57. The molecule has 10 heteroatoms. The normalized spacial score (nSPS) is 25.8. The van der Waals surface area contributed by atoms with Crippen molar-refractivity contribution >= 4 is 17.1 Å². The molecule has 1 saturated heterocycles. The van der Waals surface area contributed by atoms with Crippen LogP contribution in [0.5, 0.6) is 0 Å². The lowest BCUT2D eigenvalue weighted by Gasteiger charge is -2.16. The van der Waals surface area contributed by atoms with Gasteiger partial charge in [0, 0.05) is 18.3 Å². The molecular formula is C16H18N6O4. The predicted octanol–water partition coefficient (Wildman–Crippen LogP) is -0.994. The fourth-order valence-corrected chi connectivity index (χ4v) is 3.09. The Kier molecular flexibility index (Phi) is 4.24. The third kappa shape index (κ3) is 2.78. The smallest absolute Gasteiger partial charge is 0.222 e. The topological polar surface area (TPSA) is 152 Å². The summed E-state index contributed by atoms with van der Waals surface area (Å²) < 4.78 is 7.03. The van der Waals surface area contributed by atoms with Crippen molar-refractivity contribution in [1.29, 1.82) is 0 Å². The summed E-state index contributed by atoms with van der Waals surface area (Å²) in [5, 5.41) is 29.5. The fraction of sp³-hybridized carbons (Fsp3) is 0.375. The maximum atomic E-state index is 10.2. The van der Waals surface area contributed by atoms with Gasteiger partial charge in [-0.3, -0.25) is 9.55 Å². The summed E-state index contributed by atoms with van der Waals surface area (Å²) in [6.07, 6.45) is -0.731. The lowest BCUT2D eigenvalue weighted by Crippen LogP contribution is -2.33. The minimum absolute atomic E-state index is 0.0527. The average molecular weight is 358 g/mol. The Bertz CT molecular complexity index is 918. The van der Waals surface area contributed by atoms with Crippen LogP contribution in [0.4, 0.5) is 5.95 Å². The number of rotatable bonds is 4. The molecule has 10 nitrogen and oxygen atoms in total. The van der Waals surface area contributed by atoms with Crippen LogP contribution in [0.25, 0.3) is 11.2 Å². The Balaban J connectivity index is 1.75. The minimum atomic E-state index is -1.24. The zero-order valence-electron chi connectivity index (χ0n) is 13.7. The number of ether oxygens (including phenoxy) is 1. The highest BCUT2D eigenvalue weighted by Gasteiger charge is 2.44. The van der Waals surface area contributed by atoms with E-state index in [0.717, 1.165) is 5.69 Å². The van der Waals surface area contributed by atoms with Crippen molar-refractivity contribution in [3.05, 3.63) is 42.1 Å². The van der Waals surface area contributed by atoms with Gasteiger partial charge in [-0.25, -0.2) is 9.97 Å². The number of aliphatic hydroxyl groups is 3. The van der Waals surface area contributed by atoms with Gasteiger partial charge in [-0.1, -0.05) is 6.07 Å². The molecule has 3 aromatic rings. The number of hydrogen-bond donors (Lipinski definition) is 4. The number of imidazole rings is 1. The Morgan fingerprint density at radius 2 is 2.00 bits per heavy atom. The zero-order valence-corrected chi connectivity index (χ0v) is 13.7. The zero-order chi connectivity index (χ0) is 18.3. The Morgan fingerprint density at radius 3 is 2.69 bits per heavy atom. The molecule has 0 spiro atoms. The van der Waals surface area contributed by atoms with Crippen LogP contribution in [-0.2, 0) is 11.2 Å². The summed E-state index contributed by atoms with van der Waals surface area (Å²) in [5.74, 6) is 0.0527. The predicted molar refractivity (Wildman–Crippen MR) is 89.8 cm³/mol. The number of aromatic nitrogens is 5. The molecule has 26 heavy (non-hydrogen) atoms. The van der Waals surface area contributed by atoms with Crippen LogP contribution in [0.2, 0.25) is 0 Å². The van der Waals surface area contributed by atoms with Crippen LogP contribution < -0.4 is 5.73 Å². The number of nitrogens with zero attached hydrogens (tertiary/aromatic N) is 5. The summed E-state index contributed by atoms with van der Waals surface area (Å²) in [6.45, 7) is -0.413. The lowest BCUT2D eigenvalue weighted by molar-refractivity contribution is -0.0511. The van der Waals surface area contributed by atoms with Gasteiger partial charge in [-0.15, -0.1) is 0 Å². The Morgan fingerprint density at radius 1 is 1.15 bits per heavy atom. The maximum Gasteiger partial charge on any atom is 0.222 e. The molecule has 4 atom stereocenters. The molecule has 0 unspecified atom stereocenters. The Hall–Kier alpha value is -2.66. The first-order chi connectivity index (χ1) is 12.6. The van der Waals surface area contributed by atoms with Gasteiger partial charge in [0.05, 0.1) is 18.6 Å². The van der Waals surface area contributed by atoms with E-state index in [-0.39, 0.29) is 5.95 Å². The number of nitrogen functional groups attached to an aromatic ring is 1. The van der Waals surface area contributed by atoms with Crippen molar-refractivity contribution in [3.8, 4) is 0 Å². The van der Waals surface area contributed by atoms with Crippen LogP contribution in [-0.4, -0.2) is 64.7 Å². The second-order valence-electron chi connectivity index (χ2n) is 6.08. The van der Waals surface area contributed by atoms with E-state index < -0.39 is 31.1 Å². The summed E-state index contributed by atoms with van der Waals surface area (Å²) in [5.41, 5.74) is 8.11. The van der Waals surface area contributed by atoms with Gasteiger partial charge in [0.2, 0.25) is 5.95 Å². The van der Waals surface area contributed by atoms with E-state index in [4.69, 9.17) is 10.5 Å². The second kappa shape index (κ2) is 6.57. The average Bonchev–Trinajstić information content (AvgIpc) is 3.17. The lowest BCUT2D eigenvalue weighted by atomic mass is 10.1. The standard InChI is InChI=1S/C16H18N6O4/c17-16-20-9(5-8-3-1-2-4-18-8)11-14(21-16)22(7-19-11)15-13(25)12(24)10(6-23)26-15/h1-4,7,10,12-13,15,23-25H,5-6H2,(H2,17,20,21)/t10-,12-,13-,15-/m1/s1. The van der Waals surface area contributed by atoms with E-state index in [9.17, 15) is 15.3 Å². The highest BCUT2D eigenvalue weighted by Crippen LogP contribution is 2.32. The molecule has 1 aliphatic heterocycles. The third-order valence-corrected chi connectivity index (χ3v) is 4.38. The monoisotopic (exact) mass is 358 g/mol. The third-order valence-electron chi connectivity index (χ3n) is 4.38. The van der Waals surface area contributed by atoms with Crippen LogP contribution in [0, 0.1) is 0 Å². The first-order valence-corrected chi connectivity index (χ1v) is 8.09. The summed E-state index contributed by atoms with van der Waals surface area (Å²) in [7, 11) is 0. The van der Waals surface area contributed by atoms with Crippen LogP contribution in [0.1, 0.15) is 17.6 Å².